The standard InChI is InChI=1S/C15H28N2/c1-2-9-16-12-10-14-7-4-8-15(11-12)17(14)13-5-3-6-13/h12-16H,2-11H2,1H3. The van der Waals surface area contributed by atoms with Crippen molar-refractivity contribution in [3.05, 3.63) is 0 Å². The lowest BCUT2D eigenvalue weighted by Crippen LogP contribution is -2.60. The number of piperidine rings is 2. The van der Waals surface area contributed by atoms with Crippen LogP contribution in [0.5, 0.6) is 0 Å². The molecule has 98 valence electrons. The van der Waals surface area contributed by atoms with E-state index in [1.807, 2.05) is 0 Å². The number of nitrogens with one attached hydrogen (secondary N) is 1. The first-order valence-electron chi connectivity index (χ1n) is 7.89. The second-order valence-corrected chi connectivity index (χ2v) is 6.39. The molecule has 2 heterocycles. The van der Waals surface area contributed by atoms with Gasteiger partial charge >= 0.3 is 0 Å². The molecule has 17 heavy (non-hydrogen) atoms. The molecule has 2 bridgehead atoms. The van der Waals surface area contributed by atoms with Crippen LogP contribution in [0.3, 0.4) is 0 Å². The molecule has 0 aromatic heterocycles. The van der Waals surface area contributed by atoms with Crippen molar-refractivity contribution in [1.29, 1.82) is 0 Å². The molecule has 2 saturated heterocycles. The van der Waals surface area contributed by atoms with Crippen molar-refractivity contribution in [2.24, 2.45) is 0 Å². The molecule has 0 spiro atoms. The normalized spacial score (nSPS) is 39.0. The van der Waals surface area contributed by atoms with Crippen molar-refractivity contribution in [3.8, 4) is 0 Å². The molecule has 0 amide bonds. The minimum atomic E-state index is 0.821. The molecular weight excluding hydrogens is 208 g/mol. The van der Waals surface area contributed by atoms with Gasteiger partial charge in [0.1, 0.15) is 0 Å². The van der Waals surface area contributed by atoms with Crippen LogP contribution in [0.2, 0.25) is 0 Å². The first-order chi connectivity index (χ1) is 8.38. The molecule has 3 rings (SSSR count). The summed E-state index contributed by atoms with van der Waals surface area (Å²) in [5.74, 6) is 0. The highest BCUT2D eigenvalue weighted by atomic mass is 15.2. The van der Waals surface area contributed by atoms with Gasteiger partial charge in [-0.1, -0.05) is 19.8 Å². The van der Waals surface area contributed by atoms with Crippen LogP contribution >= 0.6 is 0 Å². The van der Waals surface area contributed by atoms with Gasteiger partial charge in [0.25, 0.3) is 0 Å². The van der Waals surface area contributed by atoms with Gasteiger partial charge in [-0.15, -0.1) is 0 Å². The number of rotatable bonds is 4. The molecular formula is C15H28N2. The SMILES string of the molecule is CCCNC1CC2CCCC(C1)N2C1CCC1. The van der Waals surface area contributed by atoms with Gasteiger partial charge in [0.2, 0.25) is 0 Å². The van der Waals surface area contributed by atoms with E-state index in [9.17, 15) is 0 Å². The second-order valence-electron chi connectivity index (χ2n) is 6.39. The highest BCUT2D eigenvalue weighted by Gasteiger charge is 2.42. The van der Waals surface area contributed by atoms with Crippen LogP contribution in [-0.4, -0.2) is 35.6 Å². The van der Waals surface area contributed by atoms with E-state index in [0.29, 0.717) is 0 Å². The molecule has 2 nitrogen and oxygen atoms in total. The van der Waals surface area contributed by atoms with E-state index in [2.05, 4.69) is 17.1 Å². The zero-order chi connectivity index (χ0) is 11.7. The van der Waals surface area contributed by atoms with E-state index >= 15 is 0 Å². The lowest BCUT2D eigenvalue weighted by molar-refractivity contribution is -0.0356. The molecule has 0 radical (unpaired) electrons. The topological polar surface area (TPSA) is 15.3 Å². The monoisotopic (exact) mass is 236 g/mol. The largest absolute Gasteiger partial charge is 0.314 e. The fourth-order valence-electron chi connectivity index (χ4n) is 4.21. The predicted molar refractivity (Wildman–Crippen MR) is 72.2 cm³/mol. The maximum atomic E-state index is 3.77. The van der Waals surface area contributed by atoms with Gasteiger partial charge in [-0.25, -0.2) is 0 Å². The summed E-state index contributed by atoms with van der Waals surface area (Å²) < 4.78 is 0. The summed E-state index contributed by atoms with van der Waals surface area (Å²) in [5.41, 5.74) is 0. The summed E-state index contributed by atoms with van der Waals surface area (Å²) in [7, 11) is 0. The highest BCUT2D eigenvalue weighted by molar-refractivity contribution is 4.99. The summed E-state index contributed by atoms with van der Waals surface area (Å²) in [6, 6.07) is 3.63. The van der Waals surface area contributed by atoms with E-state index in [-0.39, 0.29) is 0 Å². The zero-order valence-corrected chi connectivity index (χ0v) is 11.3. The molecule has 3 aliphatic rings. The van der Waals surface area contributed by atoms with Crippen molar-refractivity contribution in [2.45, 2.75) is 88.9 Å². The van der Waals surface area contributed by atoms with Gasteiger partial charge in [-0.3, -0.25) is 4.90 Å². The summed E-state index contributed by atoms with van der Waals surface area (Å²) in [5, 5.41) is 3.77. The number of hydrogen-bond donors (Lipinski definition) is 1. The molecule has 1 N–H and O–H groups in total. The Hall–Kier alpha value is -0.0800. The zero-order valence-electron chi connectivity index (χ0n) is 11.3. The van der Waals surface area contributed by atoms with E-state index in [1.165, 1.54) is 64.3 Å². The highest BCUT2D eigenvalue weighted by Crippen LogP contribution is 2.40. The van der Waals surface area contributed by atoms with Gasteiger partial charge in [0.15, 0.2) is 0 Å². The van der Waals surface area contributed by atoms with E-state index in [0.717, 1.165) is 24.2 Å². The molecule has 0 aromatic carbocycles. The van der Waals surface area contributed by atoms with E-state index in [1.54, 1.807) is 0 Å². The average Bonchev–Trinajstić information content (AvgIpc) is 2.24. The molecule has 2 unspecified atom stereocenters. The summed E-state index contributed by atoms with van der Waals surface area (Å²) in [6.07, 6.45) is 13.0. The first kappa shape index (κ1) is 12.0. The van der Waals surface area contributed by atoms with Crippen molar-refractivity contribution < 1.29 is 0 Å². The Morgan fingerprint density at radius 1 is 0.941 bits per heavy atom. The van der Waals surface area contributed by atoms with Crippen LogP contribution < -0.4 is 5.32 Å². The Kier molecular flexibility index (Phi) is 3.72. The van der Waals surface area contributed by atoms with E-state index in [4.69, 9.17) is 0 Å². The second kappa shape index (κ2) is 5.27. The number of hydrogen-bond acceptors (Lipinski definition) is 2. The van der Waals surface area contributed by atoms with Gasteiger partial charge in [0.05, 0.1) is 0 Å². The van der Waals surface area contributed by atoms with Crippen LogP contribution in [0.4, 0.5) is 0 Å². The van der Waals surface area contributed by atoms with Crippen LogP contribution in [-0.2, 0) is 0 Å². The fraction of sp³-hybridized carbons (Fsp3) is 1.00. The fourth-order valence-corrected chi connectivity index (χ4v) is 4.21. The molecule has 2 aliphatic heterocycles. The lowest BCUT2D eigenvalue weighted by atomic mass is 9.77. The van der Waals surface area contributed by atoms with Gasteiger partial charge in [-0.05, 0) is 51.5 Å². The average molecular weight is 236 g/mol. The van der Waals surface area contributed by atoms with Crippen molar-refractivity contribution in [2.75, 3.05) is 6.54 Å². The Labute approximate surface area is 106 Å². The Morgan fingerprint density at radius 3 is 2.06 bits per heavy atom. The van der Waals surface area contributed by atoms with Gasteiger partial charge in [-0.2, -0.15) is 0 Å². The van der Waals surface area contributed by atoms with Crippen molar-refractivity contribution in [3.63, 3.8) is 0 Å². The van der Waals surface area contributed by atoms with Crippen LogP contribution in [0.1, 0.15) is 64.7 Å². The maximum absolute atomic E-state index is 3.77. The van der Waals surface area contributed by atoms with Gasteiger partial charge in [0, 0.05) is 24.2 Å². The molecule has 1 aliphatic carbocycles. The molecule has 1 saturated carbocycles. The molecule has 0 aromatic rings. The number of nitrogens with zero attached hydrogens (tertiary/aromatic N) is 1. The minimum absolute atomic E-state index is 0.821. The third-order valence-corrected chi connectivity index (χ3v) is 5.21. The quantitative estimate of drug-likeness (QED) is 0.807. The van der Waals surface area contributed by atoms with E-state index < -0.39 is 0 Å². The van der Waals surface area contributed by atoms with Crippen LogP contribution in [0, 0.1) is 0 Å². The van der Waals surface area contributed by atoms with Crippen LogP contribution in [0.15, 0.2) is 0 Å². The Balaban J connectivity index is 1.61. The molecule has 2 heteroatoms. The first-order valence-corrected chi connectivity index (χ1v) is 7.89. The molecule has 2 atom stereocenters. The third-order valence-electron chi connectivity index (χ3n) is 5.21. The number of fused-ring (bicyclic) bond motifs is 2. The summed E-state index contributed by atoms with van der Waals surface area (Å²) >= 11 is 0. The molecule has 3 fully saturated rings. The summed E-state index contributed by atoms with van der Waals surface area (Å²) in [6.45, 7) is 3.49. The smallest absolute Gasteiger partial charge is 0.0116 e. The maximum Gasteiger partial charge on any atom is 0.0116 e. The lowest BCUT2D eigenvalue weighted by Gasteiger charge is -2.54. The Morgan fingerprint density at radius 2 is 1.53 bits per heavy atom. The Bertz CT molecular complexity index is 235. The third kappa shape index (κ3) is 2.39. The summed E-state index contributed by atoms with van der Waals surface area (Å²) in [4.78, 5) is 2.94. The van der Waals surface area contributed by atoms with Crippen molar-refractivity contribution >= 4 is 0 Å². The van der Waals surface area contributed by atoms with Gasteiger partial charge < -0.3 is 5.32 Å². The van der Waals surface area contributed by atoms with Crippen molar-refractivity contribution in [1.82, 2.24) is 10.2 Å². The predicted octanol–water partition coefficient (Wildman–Crippen LogP) is 2.92. The minimum Gasteiger partial charge on any atom is -0.314 e. The van der Waals surface area contributed by atoms with Crippen LogP contribution in [0.25, 0.3) is 0 Å².